The second-order valence-electron chi connectivity index (χ2n) is 8.99. The SMILES string of the molecule is C=C1c2c(sc(C(=O)N3CCN(c4cccc(I)c4)CC3)c2C)N=CN1CC(=O)Nc1ccc(F)cc1F. The molecule has 3 heterocycles. The molecular formula is C27H24F2IN5O2S. The number of carbonyl (C=O) groups excluding carboxylic acids is 2. The second kappa shape index (κ2) is 10.8. The topological polar surface area (TPSA) is 68.2 Å². The number of nitrogens with zero attached hydrogens (tertiary/aromatic N) is 4. The Bertz CT molecular complexity index is 1470. The predicted molar refractivity (Wildman–Crippen MR) is 155 cm³/mol. The number of anilines is 2. The van der Waals surface area contributed by atoms with Crippen molar-refractivity contribution in [2.45, 2.75) is 6.92 Å². The largest absolute Gasteiger partial charge is 0.368 e. The van der Waals surface area contributed by atoms with Crippen LogP contribution in [0.4, 0.5) is 25.2 Å². The monoisotopic (exact) mass is 647 g/mol. The zero-order valence-electron chi connectivity index (χ0n) is 20.5. The van der Waals surface area contributed by atoms with Crippen LogP contribution in [0.1, 0.15) is 20.8 Å². The van der Waals surface area contributed by atoms with Crippen molar-refractivity contribution in [1.29, 1.82) is 0 Å². The summed E-state index contributed by atoms with van der Waals surface area (Å²) in [5, 5.41) is 3.10. The molecule has 0 saturated carbocycles. The molecule has 1 saturated heterocycles. The fourth-order valence-electron chi connectivity index (χ4n) is 4.52. The summed E-state index contributed by atoms with van der Waals surface area (Å²) < 4.78 is 28.2. The van der Waals surface area contributed by atoms with Crippen LogP contribution in [0.25, 0.3) is 5.70 Å². The van der Waals surface area contributed by atoms with Crippen molar-refractivity contribution in [2.24, 2.45) is 4.99 Å². The summed E-state index contributed by atoms with van der Waals surface area (Å²) in [6, 6.07) is 11.3. The molecule has 0 unspecified atom stereocenters. The van der Waals surface area contributed by atoms with Crippen LogP contribution in [-0.4, -0.2) is 60.7 Å². The lowest BCUT2D eigenvalue weighted by molar-refractivity contribution is -0.116. The first-order valence-electron chi connectivity index (χ1n) is 11.9. The van der Waals surface area contributed by atoms with Gasteiger partial charge in [0.15, 0.2) is 0 Å². The molecule has 196 valence electrons. The van der Waals surface area contributed by atoms with Crippen LogP contribution >= 0.6 is 33.9 Å². The molecular weight excluding hydrogens is 623 g/mol. The number of halogens is 3. The van der Waals surface area contributed by atoms with Gasteiger partial charge >= 0.3 is 0 Å². The van der Waals surface area contributed by atoms with Gasteiger partial charge in [0.25, 0.3) is 5.91 Å². The van der Waals surface area contributed by atoms with Gasteiger partial charge in [-0.2, -0.15) is 0 Å². The number of nitrogens with one attached hydrogen (secondary N) is 1. The van der Waals surface area contributed by atoms with E-state index in [9.17, 15) is 18.4 Å². The highest BCUT2D eigenvalue weighted by Crippen LogP contribution is 2.42. The highest BCUT2D eigenvalue weighted by Gasteiger charge is 2.30. The lowest BCUT2D eigenvalue weighted by Gasteiger charge is -2.36. The Kier molecular flexibility index (Phi) is 7.48. The van der Waals surface area contributed by atoms with Crippen molar-refractivity contribution in [3.8, 4) is 0 Å². The second-order valence-corrected chi connectivity index (χ2v) is 11.2. The lowest BCUT2D eigenvalue weighted by atomic mass is 10.1. The molecule has 11 heteroatoms. The summed E-state index contributed by atoms with van der Waals surface area (Å²) in [4.78, 5) is 36.8. The minimum absolute atomic E-state index is 0.0386. The highest BCUT2D eigenvalue weighted by atomic mass is 127. The van der Waals surface area contributed by atoms with E-state index in [0.29, 0.717) is 34.7 Å². The van der Waals surface area contributed by atoms with Gasteiger partial charge in [-0.15, -0.1) is 11.3 Å². The summed E-state index contributed by atoms with van der Waals surface area (Å²) in [6.45, 7) is 8.55. The fourth-order valence-corrected chi connectivity index (χ4v) is 6.19. The first-order chi connectivity index (χ1) is 18.2. The number of benzene rings is 2. The summed E-state index contributed by atoms with van der Waals surface area (Å²) in [5.74, 6) is -2.14. The number of hydrogen-bond donors (Lipinski definition) is 1. The van der Waals surface area contributed by atoms with Crippen LogP contribution in [0.2, 0.25) is 0 Å². The maximum Gasteiger partial charge on any atom is 0.264 e. The molecule has 1 N–H and O–H groups in total. The molecule has 0 radical (unpaired) electrons. The lowest BCUT2D eigenvalue weighted by Crippen LogP contribution is -2.48. The van der Waals surface area contributed by atoms with Crippen LogP contribution in [0.15, 0.2) is 54.0 Å². The number of hydrogen-bond acceptors (Lipinski definition) is 6. The molecule has 2 aliphatic rings. The third-order valence-electron chi connectivity index (χ3n) is 6.53. The molecule has 1 fully saturated rings. The number of rotatable bonds is 5. The molecule has 3 aromatic rings. The Balaban J connectivity index is 1.25. The molecule has 0 aliphatic carbocycles. The Labute approximate surface area is 236 Å². The van der Waals surface area contributed by atoms with E-state index in [0.717, 1.165) is 36.0 Å². The molecule has 0 bridgehead atoms. The fraction of sp³-hybridized carbons (Fsp3) is 0.222. The van der Waals surface area contributed by atoms with Crippen LogP contribution in [0.3, 0.4) is 0 Å². The van der Waals surface area contributed by atoms with Gasteiger partial charge in [0.05, 0.1) is 16.9 Å². The molecule has 7 nitrogen and oxygen atoms in total. The van der Waals surface area contributed by atoms with E-state index in [2.05, 4.69) is 62.6 Å². The molecule has 0 spiro atoms. The average molecular weight is 647 g/mol. The van der Waals surface area contributed by atoms with Gasteiger partial charge < -0.3 is 20.0 Å². The highest BCUT2D eigenvalue weighted by molar-refractivity contribution is 14.1. The molecule has 5 rings (SSSR count). The van der Waals surface area contributed by atoms with Gasteiger partial charge in [0, 0.05) is 52.8 Å². The van der Waals surface area contributed by atoms with E-state index in [1.54, 1.807) is 4.90 Å². The molecule has 0 atom stereocenters. The van der Waals surface area contributed by atoms with Crippen molar-refractivity contribution < 1.29 is 18.4 Å². The molecule has 1 aromatic heterocycles. The zero-order valence-corrected chi connectivity index (χ0v) is 23.5. The standard InChI is InChI=1S/C27H24F2IN5O2S/c1-16-24-17(2)35(14-23(36)32-22-7-6-18(28)12-21(22)29)15-31-26(24)38-25(16)27(37)34-10-8-33(9-11-34)20-5-3-4-19(30)13-20/h3-7,12-13,15H,2,8-11,14H2,1H3,(H,32,36). The van der Waals surface area contributed by atoms with Gasteiger partial charge in [-0.05, 0) is 65.4 Å². The Hall–Kier alpha value is -3.32. The number of fused-ring (bicyclic) bond motifs is 1. The number of thiophene rings is 1. The van der Waals surface area contributed by atoms with Gasteiger partial charge in [-0.25, -0.2) is 13.8 Å². The maximum absolute atomic E-state index is 13.9. The van der Waals surface area contributed by atoms with Crippen LogP contribution in [0, 0.1) is 22.1 Å². The zero-order chi connectivity index (χ0) is 27.0. The minimum Gasteiger partial charge on any atom is -0.368 e. The Morgan fingerprint density at radius 2 is 1.89 bits per heavy atom. The van der Waals surface area contributed by atoms with Gasteiger partial charge in [-0.3, -0.25) is 9.59 Å². The van der Waals surface area contributed by atoms with Crippen molar-refractivity contribution >= 4 is 74.2 Å². The summed E-state index contributed by atoms with van der Waals surface area (Å²) in [6.07, 6.45) is 1.48. The normalized spacial score (nSPS) is 15.1. The summed E-state index contributed by atoms with van der Waals surface area (Å²) in [5.41, 5.74) is 3.06. The third kappa shape index (κ3) is 5.30. The minimum atomic E-state index is -0.858. The average Bonchev–Trinajstić information content (AvgIpc) is 3.24. The molecule has 2 aliphatic heterocycles. The predicted octanol–water partition coefficient (Wildman–Crippen LogP) is 5.49. The smallest absolute Gasteiger partial charge is 0.264 e. The molecule has 2 aromatic carbocycles. The van der Waals surface area contributed by atoms with Crippen molar-refractivity contribution in [1.82, 2.24) is 9.80 Å². The summed E-state index contributed by atoms with van der Waals surface area (Å²) >= 11 is 3.62. The van der Waals surface area contributed by atoms with Gasteiger partial charge in [0.2, 0.25) is 5.91 Å². The molecule has 2 amide bonds. The first kappa shape index (κ1) is 26.3. The number of amides is 2. The van der Waals surface area contributed by atoms with Crippen molar-refractivity contribution in [3.63, 3.8) is 0 Å². The number of carbonyl (C=O) groups is 2. The summed E-state index contributed by atoms with van der Waals surface area (Å²) in [7, 11) is 0. The van der Waals surface area contributed by atoms with E-state index in [4.69, 9.17) is 0 Å². The van der Waals surface area contributed by atoms with Crippen LogP contribution < -0.4 is 10.2 Å². The van der Waals surface area contributed by atoms with Crippen LogP contribution in [0.5, 0.6) is 0 Å². The van der Waals surface area contributed by atoms with Crippen LogP contribution in [-0.2, 0) is 4.79 Å². The van der Waals surface area contributed by atoms with E-state index in [-0.39, 0.29) is 18.1 Å². The quantitative estimate of drug-likeness (QED) is 0.373. The Morgan fingerprint density at radius 1 is 1.13 bits per heavy atom. The van der Waals surface area contributed by atoms with Gasteiger partial charge in [0.1, 0.15) is 23.2 Å². The third-order valence-corrected chi connectivity index (χ3v) is 8.39. The van der Waals surface area contributed by atoms with E-state index < -0.39 is 17.5 Å². The van der Waals surface area contributed by atoms with Crippen molar-refractivity contribution in [2.75, 3.05) is 42.9 Å². The van der Waals surface area contributed by atoms with Gasteiger partial charge in [-0.1, -0.05) is 12.6 Å². The van der Waals surface area contributed by atoms with E-state index in [1.165, 1.54) is 27.3 Å². The first-order valence-corrected chi connectivity index (χ1v) is 13.8. The number of piperazine rings is 1. The van der Waals surface area contributed by atoms with Crippen molar-refractivity contribution in [3.05, 3.63) is 80.3 Å². The van der Waals surface area contributed by atoms with E-state index in [1.807, 2.05) is 17.9 Å². The number of aliphatic imine (C=N–C) groups is 1. The molecule has 38 heavy (non-hydrogen) atoms. The maximum atomic E-state index is 13.9. The Morgan fingerprint density at radius 3 is 2.61 bits per heavy atom. The van der Waals surface area contributed by atoms with E-state index >= 15 is 0 Å².